The van der Waals surface area contributed by atoms with E-state index in [4.69, 9.17) is 0 Å². The van der Waals surface area contributed by atoms with Gasteiger partial charge in [-0.2, -0.15) is 5.11 Å². The van der Waals surface area contributed by atoms with Crippen molar-refractivity contribution >= 4 is 22.7 Å². The molecule has 1 saturated heterocycles. The van der Waals surface area contributed by atoms with Crippen molar-refractivity contribution in [3.05, 3.63) is 48.5 Å². The van der Waals surface area contributed by atoms with Gasteiger partial charge in [-0.05, 0) is 55.2 Å². The van der Waals surface area contributed by atoms with Gasteiger partial charge in [-0.3, -0.25) is 0 Å². The molecule has 4 rings (SSSR count). The molecule has 6 nitrogen and oxygen atoms in total. The third-order valence-corrected chi connectivity index (χ3v) is 5.60. The molecule has 1 fully saturated rings. The maximum absolute atomic E-state index is 9.42. The number of hydrogen-bond donors (Lipinski definition) is 1. The Bertz CT molecular complexity index is 777. The van der Waals surface area contributed by atoms with Crippen molar-refractivity contribution in [3.63, 3.8) is 0 Å². The molecular weight excluding hydrogens is 338 g/mol. The number of aliphatic hydroxyl groups is 1. The monoisotopic (exact) mass is 365 g/mol. The molecule has 2 aromatic carbocycles. The van der Waals surface area contributed by atoms with Crippen molar-refractivity contribution in [2.75, 3.05) is 48.5 Å². The number of rotatable bonds is 4. The zero-order valence-electron chi connectivity index (χ0n) is 16.0. The lowest BCUT2D eigenvalue weighted by Gasteiger charge is -2.33. The van der Waals surface area contributed by atoms with E-state index in [2.05, 4.69) is 49.2 Å². The molecule has 0 aliphatic carbocycles. The largest absolute Gasteiger partial charge is 0.396 e. The number of azo groups is 1. The maximum atomic E-state index is 9.42. The summed E-state index contributed by atoms with van der Waals surface area (Å²) >= 11 is 0. The van der Waals surface area contributed by atoms with Crippen LogP contribution in [0, 0.1) is 5.92 Å². The van der Waals surface area contributed by atoms with Crippen molar-refractivity contribution in [2.45, 2.75) is 19.1 Å². The Kier molecular flexibility index (Phi) is 4.99. The number of hydrogen-bond acceptors (Lipinski definition) is 6. The van der Waals surface area contributed by atoms with Gasteiger partial charge in [-0.1, -0.05) is 12.1 Å². The predicted molar refractivity (Wildman–Crippen MR) is 110 cm³/mol. The zero-order valence-corrected chi connectivity index (χ0v) is 16.0. The Morgan fingerprint density at radius 2 is 1.67 bits per heavy atom. The summed E-state index contributed by atoms with van der Waals surface area (Å²) in [6.45, 7) is 2.24. The van der Waals surface area contributed by atoms with Crippen LogP contribution in [0.1, 0.15) is 12.8 Å². The van der Waals surface area contributed by atoms with Crippen molar-refractivity contribution in [1.29, 1.82) is 0 Å². The van der Waals surface area contributed by atoms with Gasteiger partial charge in [0.2, 0.25) is 6.29 Å². The minimum Gasteiger partial charge on any atom is -0.396 e. The van der Waals surface area contributed by atoms with E-state index in [1.165, 1.54) is 17.1 Å². The van der Waals surface area contributed by atoms with E-state index < -0.39 is 0 Å². The third kappa shape index (κ3) is 3.49. The molecule has 2 aromatic rings. The lowest BCUT2D eigenvalue weighted by molar-refractivity contribution is 0.209. The van der Waals surface area contributed by atoms with Crippen LogP contribution in [-0.2, 0) is 0 Å². The Balaban J connectivity index is 1.44. The maximum Gasteiger partial charge on any atom is 0.218 e. The van der Waals surface area contributed by atoms with E-state index in [1.54, 1.807) is 0 Å². The van der Waals surface area contributed by atoms with Gasteiger partial charge in [0.1, 0.15) is 0 Å². The SMILES string of the molecule is CN1c2ccccc2N(C)C1N=Nc1ccc(N2CCCC(CO)C2)cc1. The summed E-state index contributed by atoms with van der Waals surface area (Å²) in [6.07, 6.45) is 2.12. The van der Waals surface area contributed by atoms with Gasteiger partial charge in [-0.25, -0.2) is 0 Å². The quantitative estimate of drug-likeness (QED) is 0.836. The van der Waals surface area contributed by atoms with E-state index in [9.17, 15) is 5.11 Å². The molecule has 1 N–H and O–H groups in total. The summed E-state index contributed by atoms with van der Waals surface area (Å²) in [5.74, 6) is 0.383. The van der Waals surface area contributed by atoms with Crippen molar-refractivity contribution in [1.82, 2.24) is 0 Å². The average Bonchev–Trinajstić information content (AvgIpc) is 2.97. The van der Waals surface area contributed by atoms with Crippen LogP contribution in [0.25, 0.3) is 0 Å². The number of piperidine rings is 1. The smallest absolute Gasteiger partial charge is 0.218 e. The first-order valence-electron chi connectivity index (χ1n) is 9.59. The Morgan fingerprint density at radius 3 is 2.30 bits per heavy atom. The van der Waals surface area contributed by atoms with Crippen molar-refractivity contribution < 1.29 is 5.11 Å². The molecule has 2 aliphatic rings. The molecule has 0 spiro atoms. The summed E-state index contributed by atoms with van der Waals surface area (Å²) in [7, 11) is 4.09. The Labute approximate surface area is 160 Å². The number of nitrogens with zero attached hydrogens (tertiary/aromatic N) is 5. The molecule has 0 amide bonds. The molecular formula is C21H27N5O. The first-order chi connectivity index (χ1) is 13.2. The number of benzene rings is 2. The topological polar surface area (TPSA) is 54.7 Å². The molecule has 142 valence electrons. The molecule has 1 atom stereocenters. The van der Waals surface area contributed by atoms with Gasteiger partial charge < -0.3 is 19.8 Å². The van der Waals surface area contributed by atoms with Gasteiger partial charge >= 0.3 is 0 Å². The number of aliphatic hydroxyl groups excluding tert-OH is 1. The van der Waals surface area contributed by atoms with Gasteiger partial charge in [0.05, 0.1) is 17.1 Å². The standard InChI is InChI=1S/C21H27N5O/c1-24-19-7-3-4-8-20(19)25(2)21(24)23-22-17-9-11-18(12-10-17)26-13-5-6-16(14-26)15-27/h3-4,7-12,16,21,27H,5-6,13-15H2,1-2H3. The summed E-state index contributed by atoms with van der Waals surface area (Å²) in [5.41, 5.74) is 4.38. The van der Waals surface area contributed by atoms with Crippen LogP contribution < -0.4 is 14.7 Å². The highest BCUT2D eigenvalue weighted by Crippen LogP contribution is 2.38. The molecule has 6 heteroatoms. The van der Waals surface area contributed by atoms with Crippen molar-refractivity contribution in [3.8, 4) is 0 Å². The summed E-state index contributed by atoms with van der Waals surface area (Å²) in [4.78, 5) is 6.62. The van der Waals surface area contributed by atoms with Crippen LogP contribution in [0.2, 0.25) is 0 Å². The van der Waals surface area contributed by atoms with Gasteiger partial charge in [0, 0.05) is 39.5 Å². The van der Waals surface area contributed by atoms with Crippen LogP contribution in [0.3, 0.4) is 0 Å². The minimum absolute atomic E-state index is 0.130. The second-order valence-corrected chi connectivity index (χ2v) is 7.43. The predicted octanol–water partition coefficient (Wildman–Crippen LogP) is 3.85. The lowest BCUT2D eigenvalue weighted by atomic mass is 9.98. The molecule has 0 saturated carbocycles. The fourth-order valence-electron chi connectivity index (χ4n) is 4.02. The second-order valence-electron chi connectivity index (χ2n) is 7.43. The van der Waals surface area contributed by atoms with E-state index >= 15 is 0 Å². The molecule has 1 unspecified atom stereocenters. The Morgan fingerprint density at radius 1 is 1.00 bits per heavy atom. The van der Waals surface area contributed by atoms with E-state index in [0.717, 1.165) is 31.6 Å². The minimum atomic E-state index is -0.130. The lowest BCUT2D eigenvalue weighted by Crippen LogP contribution is -2.36. The number of fused-ring (bicyclic) bond motifs is 1. The summed E-state index contributed by atoms with van der Waals surface area (Å²) < 4.78 is 0. The fraction of sp³-hybridized carbons (Fsp3) is 0.429. The van der Waals surface area contributed by atoms with Gasteiger partial charge in [0.25, 0.3) is 0 Å². The molecule has 0 aromatic heterocycles. The highest BCUT2D eigenvalue weighted by atomic mass is 16.3. The third-order valence-electron chi connectivity index (χ3n) is 5.60. The van der Waals surface area contributed by atoms with E-state index in [1.807, 2.05) is 38.4 Å². The molecule has 0 radical (unpaired) electrons. The summed E-state index contributed by atoms with van der Waals surface area (Å²) in [6, 6.07) is 16.5. The number of para-hydroxylation sites is 2. The number of anilines is 3. The van der Waals surface area contributed by atoms with Crippen molar-refractivity contribution in [2.24, 2.45) is 16.1 Å². The second kappa shape index (κ2) is 7.56. The van der Waals surface area contributed by atoms with E-state index in [-0.39, 0.29) is 12.9 Å². The van der Waals surface area contributed by atoms with Crippen LogP contribution in [0.15, 0.2) is 58.8 Å². The highest BCUT2D eigenvalue weighted by Gasteiger charge is 2.30. The normalized spacial score (nSPS) is 20.6. The van der Waals surface area contributed by atoms with Gasteiger partial charge in [0.15, 0.2) is 0 Å². The van der Waals surface area contributed by atoms with Crippen LogP contribution >= 0.6 is 0 Å². The average molecular weight is 365 g/mol. The van der Waals surface area contributed by atoms with Crippen LogP contribution in [0.5, 0.6) is 0 Å². The molecule has 2 aliphatic heterocycles. The highest BCUT2D eigenvalue weighted by molar-refractivity contribution is 5.76. The summed E-state index contributed by atoms with van der Waals surface area (Å²) in [5, 5.41) is 18.5. The fourth-order valence-corrected chi connectivity index (χ4v) is 4.02. The first kappa shape index (κ1) is 17.8. The van der Waals surface area contributed by atoms with Crippen LogP contribution in [-0.4, -0.2) is 45.2 Å². The molecule has 0 bridgehead atoms. The van der Waals surface area contributed by atoms with Gasteiger partial charge in [-0.15, -0.1) is 5.11 Å². The van der Waals surface area contributed by atoms with Crippen LogP contribution in [0.4, 0.5) is 22.7 Å². The molecule has 27 heavy (non-hydrogen) atoms. The Hall–Kier alpha value is -2.60. The first-order valence-corrected chi connectivity index (χ1v) is 9.59. The molecule has 2 heterocycles. The zero-order chi connectivity index (χ0) is 18.8. The van der Waals surface area contributed by atoms with E-state index in [0.29, 0.717) is 5.92 Å².